The molecular formula is C8H16ClN2O+. The van der Waals surface area contributed by atoms with Gasteiger partial charge in [-0.1, -0.05) is 6.42 Å². The molecule has 1 saturated heterocycles. The number of hydrogen-bond acceptors (Lipinski definition) is 1. The van der Waals surface area contributed by atoms with Crippen molar-refractivity contribution in [1.29, 1.82) is 0 Å². The van der Waals surface area contributed by atoms with E-state index in [9.17, 15) is 4.91 Å². The van der Waals surface area contributed by atoms with Crippen LogP contribution in [0.25, 0.3) is 0 Å². The lowest BCUT2D eigenvalue weighted by molar-refractivity contribution is -0.659. The average molecular weight is 192 g/mol. The summed E-state index contributed by atoms with van der Waals surface area (Å²) in [5.41, 5.74) is 2.86. The normalized spacial score (nSPS) is 26.5. The molecule has 2 aliphatic rings. The van der Waals surface area contributed by atoms with Crippen LogP contribution in [0.3, 0.4) is 0 Å². The first-order valence-corrected chi connectivity index (χ1v) is 4.54. The van der Waals surface area contributed by atoms with E-state index in [4.69, 9.17) is 0 Å². The fourth-order valence-corrected chi connectivity index (χ4v) is 2.32. The van der Waals surface area contributed by atoms with Gasteiger partial charge in [-0.3, -0.25) is 0 Å². The molecule has 0 aromatic carbocycles. The molecule has 0 aromatic rings. The Labute approximate surface area is 78.9 Å². The van der Waals surface area contributed by atoms with Crippen LogP contribution in [-0.4, -0.2) is 17.0 Å². The second kappa shape index (κ2) is 3.60. The molecule has 2 rings (SSSR count). The molecule has 0 aromatic heterocycles. The van der Waals surface area contributed by atoms with E-state index < -0.39 is 0 Å². The van der Waals surface area contributed by atoms with E-state index >= 15 is 0 Å². The minimum atomic E-state index is -0.00174. The molecule has 0 unspecified atom stereocenters. The number of halogens is 1. The van der Waals surface area contributed by atoms with Crippen molar-refractivity contribution >= 4 is 12.4 Å². The molecule has 0 amide bonds. The summed E-state index contributed by atoms with van der Waals surface area (Å²) >= 11 is 0. The molecule has 0 radical (unpaired) electrons. The van der Waals surface area contributed by atoms with Crippen molar-refractivity contribution in [1.82, 2.24) is 5.43 Å². The number of nitroso groups, excluding NO2 is 1. The van der Waals surface area contributed by atoms with Gasteiger partial charge in [0.15, 0.2) is 0 Å². The second-order valence-corrected chi connectivity index (χ2v) is 3.74. The van der Waals surface area contributed by atoms with E-state index in [1.807, 2.05) is 0 Å². The van der Waals surface area contributed by atoms with Crippen molar-refractivity contribution in [3.05, 3.63) is 4.91 Å². The molecule has 70 valence electrons. The zero-order valence-corrected chi connectivity index (χ0v) is 8.03. The van der Waals surface area contributed by atoms with E-state index in [-0.39, 0.29) is 17.9 Å². The van der Waals surface area contributed by atoms with Gasteiger partial charge in [-0.15, -0.1) is 12.4 Å². The molecule has 1 saturated carbocycles. The molecule has 2 fully saturated rings. The lowest BCUT2D eigenvalue weighted by atomic mass is 9.81. The number of hydrogen-bond donors (Lipinski definition) is 1. The molecule has 1 N–H and O–H groups in total. The Kier molecular flexibility index (Phi) is 2.94. The summed E-state index contributed by atoms with van der Waals surface area (Å²) in [6, 6.07) is 0. The molecule has 1 spiro atoms. The summed E-state index contributed by atoms with van der Waals surface area (Å²) < 4.78 is 0. The number of nitrogens with one attached hydrogen (secondary N) is 1. The van der Waals surface area contributed by atoms with Gasteiger partial charge in [0.25, 0.3) is 0 Å². The Morgan fingerprint density at radius 2 is 1.75 bits per heavy atom. The monoisotopic (exact) mass is 191 g/mol. The minimum Gasteiger partial charge on any atom is -0.152 e. The van der Waals surface area contributed by atoms with Crippen molar-refractivity contribution < 1.29 is 4.87 Å². The summed E-state index contributed by atoms with van der Waals surface area (Å²) in [7, 11) is 0. The fourth-order valence-electron chi connectivity index (χ4n) is 2.32. The first kappa shape index (κ1) is 9.78. The van der Waals surface area contributed by atoms with Crippen LogP contribution in [-0.2, 0) is 0 Å². The molecule has 1 heterocycles. The Balaban J connectivity index is 0.000000720. The van der Waals surface area contributed by atoms with Crippen molar-refractivity contribution in [3.8, 4) is 0 Å². The van der Waals surface area contributed by atoms with Crippen LogP contribution in [0.1, 0.15) is 38.5 Å². The standard InChI is InChI=1S/C8H15N2O.ClH/c11-10-8(6-7-9-10)4-2-1-3-5-8;/h1-7H2,(H,9,11);1H/q+1;. The van der Waals surface area contributed by atoms with Crippen molar-refractivity contribution in [3.63, 3.8) is 0 Å². The highest BCUT2D eigenvalue weighted by Gasteiger charge is 2.50. The number of rotatable bonds is 0. The highest BCUT2D eigenvalue weighted by Crippen LogP contribution is 2.35. The zero-order chi connectivity index (χ0) is 7.73. The molecule has 1 aliphatic heterocycles. The molecular weight excluding hydrogens is 176 g/mol. The Hall–Kier alpha value is -0.310. The van der Waals surface area contributed by atoms with E-state index in [1.54, 1.807) is 0 Å². The third kappa shape index (κ3) is 1.42. The summed E-state index contributed by atoms with van der Waals surface area (Å²) in [5.74, 6) is 0. The quantitative estimate of drug-likeness (QED) is 0.593. The van der Waals surface area contributed by atoms with Gasteiger partial charge < -0.3 is 0 Å². The first-order valence-electron chi connectivity index (χ1n) is 4.54. The summed E-state index contributed by atoms with van der Waals surface area (Å²) in [5, 5.41) is 0. The Bertz CT molecular complexity index is 178. The van der Waals surface area contributed by atoms with Gasteiger partial charge in [-0.2, -0.15) is 5.43 Å². The highest BCUT2D eigenvalue weighted by molar-refractivity contribution is 5.85. The van der Waals surface area contributed by atoms with Gasteiger partial charge >= 0.3 is 0 Å². The van der Waals surface area contributed by atoms with E-state index in [0.29, 0.717) is 0 Å². The van der Waals surface area contributed by atoms with Crippen LogP contribution in [0.4, 0.5) is 0 Å². The smallest absolute Gasteiger partial charge is 0.152 e. The summed E-state index contributed by atoms with van der Waals surface area (Å²) in [4.78, 5) is 12.5. The third-order valence-electron chi connectivity index (χ3n) is 3.06. The van der Waals surface area contributed by atoms with E-state index in [0.717, 1.165) is 30.7 Å². The molecule has 0 atom stereocenters. The van der Waals surface area contributed by atoms with E-state index in [1.165, 1.54) is 19.3 Å². The lowest BCUT2D eigenvalue weighted by Crippen LogP contribution is -2.40. The largest absolute Gasteiger partial charge is 0.245 e. The number of hydrazine groups is 1. The van der Waals surface area contributed by atoms with Gasteiger partial charge in [-0.25, -0.2) is 0 Å². The zero-order valence-electron chi connectivity index (χ0n) is 7.21. The highest BCUT2D eigenvalue weighted by atomic mass is 35.5. The predicted octanol–water partition coefficient (Wildman–Crippen LogP) is 1.80. The van der Waals surface area contributed by atoms with Crippen molar-refractivity contribution in [2.24, 2.45) is 0 Å². The fraction of sp³-hybridized carbons (Fsp3) is 1.00. The lowest BCUT2D eigenvalue weighted by Gasteiger charge is -2.22. The van der Waals surface area contributed by atoms with Crippen LogP contribution < -0.4 is 5.43 Å². The van der Waals surface area contributed by atoms with Gasteiger partial charge in [0.1, 0.15) is 4.87 Å². The van der Waals surface area contributed by atoms with Crippen molar-refractivity contribution in [2.45, 2.75) is 44.1 Å². The van der Waals surface area contributed by atoms with Gasteiger partial charge in [-0.05, 0) is 12.8 Å². The molecule has 1 aliphatic carbocycles. The Morgan fingerprint density at radius 1 is 1.08 bits per heavy atom. The Morgan fingerprint density at radius 3 is 2.25 bits per heavy atom. The maximum Gasteiger partial charge on any atom is 0.245 e. The van der Waals surface area contributed by atoms with Gasteiger partial charge in [0, 0.05) is 19.3 Å². The van der Waals surface area contributed by atoms with Crippen molar-refractivity contribution in [2.75, 3.05) is 6.54 Å². The van der Waals surface area contributed by atoms with Crippen LogP contribution in [0.5, 0.6) is 0 Å². The molecule has 0 bridgehead atoms. The first-order chi connectivity index (χ1) is 5.33. The van der Waals surface area contributed by atoms with Crippen LogP contribution >= 0.6 is 12.4 Å². The molecule has 4 heteroatoms. The van der Waals surface area contributed by atoms with E-state index in [2.05, 4.69) is 5.43 Å². The molecule has 3 nitrogen and oxygen atoms in total. The second-order valence-electron chi connectivity index (χ2n) is 3.74. The van der Waals surface area contributed by atoms with Gasteiger partial charge in [0.05, 0.1) is 11.5 Å². The van der Waals surface area contributed by atoms with Gasteiger partial charge in [0.2, 0.25) is 5.54 Å². The summed E-state index contributed by atoms with van der Waals surface area (Å²) in [6.45, 7) is 0.878. The van der Waals surface area contributed by atoms with Crippen LogP contribution in [0.2, 0.25) is 0 Å². The SMILES string of the molecule is Cl.O=[N+]1NCCC12CCCCC2. The average Bonchev–Trinajstić information content (AvgIpc) is 2.36. The van der Waals surface area contributed by atoms with Crippen LogP contribution in [0, 0.1) is 4.91 Å². The topological polar surface area (TPSA) is 32.1 Å². The molecule has 12 heavy (non-hydrogen) atoms. The third-order valence-corrected chi connectivity index (χ3v) is 3.06. The maximum atomic E-state index is 11.4. The van der Waals surface area contributed by atoms with Crippen LogP contribution in [0.15, 0.2) is 0 Å². The predicted molar refractivity (Wildman–Crippen MR) is 49.3 cm³/mol. The number of nitrogens with zero attached hydrogens (tertiary/aromatic N) is 1. The maximum absolute atomic E-state index is 11.4. The minimum absolute atomic E-state index is 0. The summed E-state index contributed by atoms with van der Waals surface area (Å²) in [6.07, 6.45) is 7.04.